The quantitative estimate of drug-likeness (QED) is 0.574. The van der Waals surface area contributed by atoms with Gasteiger partial charge in [-0.25, -0.2) is 4.98 Å². The Morgan fingerprint density at radius 2 is 2.07 bits per heavy atom. The largest absolute Gasteiger partial charge is 0.493 e. The SMILES string of the molecule is CCC(C(=O)O)C1COc2cc(OCCc3nc(-c4ccccc4)oc3C)ccc21. The van der Waals surface area contributed by atoms with Gasteiger partial charge in [0.05, 0.1) is 24.8 Å². The highest BCUT2D eigenvalue weighted by Gasteiger charge is 2.34. The first-order chi connectivity index (χ1) is 14.6. The predicted molar refractivity (Wildman–Crippen MR) is 112 cm³/mol. The van der Waals surface area contributed by atoms with E-state index >= 15 is 0 Å². The molecule has 156 valence electrons. The van der Waals surface area contributed by atoms with Gasteiger partial charge in [-0.1, -0.05) is 31.2 Å². The lowest BCUT2D eigenvalue weighted by Crippen LogP contribution is -2.22. The van der Waals surface area contributed by atoms with Gasteiger partial charge in [-0.2, -0.15) is 0 Å². The van der Waals surface area contributed by atoms with Gasteiger partial charge in [-0.05, 0) is 31.5 Å². The average Bonchev–Trinajstić information content (AvgIpc) is 3.33. The Balaban J connectivity index is 1.39. The van der Waals surface area contributed by atoms with Gasteiger partial charge in [0.25, 0.3) is 0 Å². The Bertz CT molecular complexity index is 1030. The van der Waals surface area contributed by atoms with Crippen molar-refractivity contribution in [1.82, 2.24) is 4.98 Å². The Morgan fingerprint density at radius 1 is 1.27 bits per heavy atom. The maximum absolute atomic E-state index is 11.5. The minimum absolute atomic E-state index is 0.120. The summed E-state index contributed by atoms with van der Waals surface area (Å²) >= 11 is 0. The molecule has 30 heavy (non-hydrogen) atoms. The van der Waals surface area contributed by atoms with E-state index in [1.54, 1.807) is 0 Å². The average molecular weight is 407 g/mol. The summed E-state index contributed by atoms with van der Waals surface area (Å²) in [7, 11) is 0. The molecule has 6 heteroatoms. The number of carboxylic acids is 1. The zero-order valence-corrected chi connectivity index (χ0v) is 17.1. The van der Waals surface area contributed by atoms with Crippen LogP contribution in [0.1, 0.15) is 36.3 Å². The van der Waals surface area contributed by atoms with Crippen molar-refractivity contribution < 1.29 is 23.8 Å². The van der Waals surface area contributed by atoms with Crippen molar-refractivity contribution in [2.75, 3.05) is 13.2 Å². The molecule has 0 saturated heterocycles. The molecule has 0 aliphatic carbocycles. The molecule has 0 radical (unpaired) electrons. The number of nitrogens with zero attached hydrogens (tertiary/aromatic N) is 1. The number of ether oxygens (including phenoxy) is 2. The number of aliphatic carboxylic acids is 1. The number of aromatic nitrogens is 1. The fourth-order valence-corrected chi connectivity index (χ4v) is 3.90. The van der Waals surface area contributed by atoms with Gasteiger partial charge < -0.3 is 19.0 Å². The Labute approximate surface area is 175 Å². The van der Waals surface area contributed by atoms with Gasteiger partial charge in [0.1, 0.15) is 17.3 Å². The molecule has 2 heterocycles. The predicted octanol–water partition coefficient (Wildman–Crippen LogP) is 4.86. The first-order valence-electron chi connectivity index (χ1n) is 10.2. The maximum atomic E-state index is 11.5. The summed E-state index contributed by atoms with van der Waals surface area (Å²) in [6, 6.07) is 15.4. The third-order valence-electron chi connectivity index (χ3n) is 5.57. The molecule has 4 rings (SSSR count). The number of rotatable bonds is 8. The van der Waals surface area contributed by atoms with E-state index in [0.717, 1.165) is 22.6 Å². The second-order valence-corrected chi connectivity index (χ2v) is 7.46. The molecule has 2 aromatic carbocycles. The topological polar surface area (TPSA) is 81.8 Å². The molecule has 1 N–H and O–H groups in total. The van der Waals surface area contributed by atoms with Crippen LogP contribution in [-0.4, -0.2) is 29.3 Å². The van der Waals surface area contributed by atoms with Crippen LogP contribution in [0.3, 0.4) is 0 Å². The van der Waals surface area contributed by atoms with Crippen LogP contribution < -0.4 is 9.47 Å². The molecule has 2 atom stereocenters. The number of hydrogen-bond acceptors (Lipinski definition) is 5. The Morgan fingerprint density at radius 3 is 2.80 bits per heavy atom. The van der Waals surface area contributed by atoms with Crippen molar-refractivity contribution in [3.8, 4) is 23.0 Å². The zero-order valence-electron chi connectivity index (χ0n) is 17.1. The highest BCUT2D eigenvalue weighted by molar-refractivity contribution is 5.72. The van der Waals surface area contributed by atoms with Crippen LogP contribution in [0, 0.1) is 12.8 Å². The minimum Gasteiger partial charge on any atom is -0.493 e. The number of benzene rings is 2. The molecule has 6 nitrogen and oxygen atoms in total. The Kier molecular flexibility index (Phi) is 5.74. The maximum Gasteiger partial charge on any atom is 0.307 e. The number of aryl methyl sites for hydroxylation is 1. The fourth-order valence-electron chi connectivity index (χ4n) is 3.90. The summed E-state index contributed by atoms with van der Waals surface area (Å²) in [6.45, 7) is 4.65. The van der Waals surface area contributed by atoms with Crippen molar-refractivity contribution >= 4 is 5.97 Å². The van der Waals surface area contributed by atoms with Gasteiger partial charge in [0.2, 0.25) is 5.89 Å². The van der Waals surface area contributed by atoms with Gasteiger partial charge in [0, 0.05) is 29.5 Å². The lowest BCUT2D eigenvalue weighted by atomic mass is 9.86. The highest BCUT2D eigenvalue weighted by Crippen LogP contribution is 2.41. The molecule has 2 unspecified atom stereocenters. The lowest BCUT2D eigenvalue weighted by Gasteiger charge is -2.16. The second kappa shape index (κ2) is 8.61. The normalized spacial score (nSPS) is 16.0. The lowest BCUT2D eigenvalue weighted by molar-refractivity contribution is -0.142. The van der Waals surface area contributed by atoms with Crippen molar-refractivity contribution in [2.45, 2.75) is 32.6 Å². The van der Waals surface area contributed by atoms with E-state index in [2.05, 4.69) is 4.98 Å². The summed E-state index contributed by atoms with van der Waals surface area (Å²) in [5.74, 6) is 1.47. The zero-order chi connectivity index (χ0) is 21.1. The second-order valence-electron chi connectivity index (χ2n) is 7.46. The summed E-state index contributed by atoms with van der Waals surface area (Å²) in [5.41, 5.74) is 2.76. The molecule has 1 aliphatic rings. The third-order valence-corrected chi connectivity index (χ3v) is 5.57. The van der Waals surface area contributed by atoms with Crippen LogP contribution in [0.2, 0.25) is 0 Å². The molecule has 0 spiro atoms. The number of hydrogen-bond donors (Lipinski definition) is 1. The minimum atomic E-state index is -0.780. The van der Waals surface area contributed by atoms with E-state index in [9.17, 15) is 9.90 Å². The number of fused-ring (bicyclic) bond motifs is 1. The van der Waals surface area contributed by atoms with Gasteiger partial charge in [0.15, 0.2) is 0 Å². The van der Waals surface area contributed by atoms with Gasteiger partial charge in [-0.15, -0.1) is 0 Å². The summed E-state index contributed by atoms with van der Waals surface area (Å²) in [6.07, 6.45) is 1.20. The molecular formula is C24H25NO5. The van der Waals surface area contributed by atoms with E-state index < -0.39 is 11.9 Å². The van der Waals surface area contributed by atoms with E-state index in [1.807, 2.05) is 62.4 Å². The van der Waals surface area contributed by atoms with Crippen LogP contribution >= 0.6 is 0 Å². The summed E-state index contributed by atoms with van der Waals surface area (Å²) in [4.78, 5) is 16.1. The van der Waals surface area contributed by atoms with E-state index in [-0.39, 0.29) is 5.92 Å². The van der Waals surface area contributed by atoms with E-state index in [0.29, 0.717) is 43.4 Å². The van der Waals surface area contributed by atoms with Crippen molar-refractivity contribution in [2.24, 2.45) is 5.92 Å². The third kappa shape index (κ3) is 4.03. The molecule has 0 amide bonds. The first kappa shape index (κ1) is 20.0. The van der Waals surface area contributed by atoms with Gasteiger partial charge >= 0.3 is 5.97 Å². The molecule has 3 aromatic rings. The Hall–Kier alpha value is -3.28. The molecule has 0 saturated carbocycles. The molecular weight excluding hydrogens is 382 g/mol. The first-order valence-corrected chi connectivity index (χ1v) is 10.2. The molecule has 0 bridgehead atoms. The number of oxazole rings is 1. The molecule has 1 aromatic heterocycles. The van der Waals surface area contributed by atoms with Crippen LogP contribution in [0.25, 0.3) is 11.5 Å². The van der Waals surface area contributed by atoms with Crippen LogP contribution in [-0.2, 0) is 11.2 Å². The van der Waals surface area contributed by atoms with Crippen molar-refractivity contribution in [3.63, 3.8) is 0 Å². The van der Waals surface area contributed by atoms with E-state index in [4.69, 9.17) is 13.9 Å². The van der Waals surface area contributed by atoms with E-state index in [1.165, 1.54) is 0 Å². The number of carbonyl (C=O) groups is 1. The monoisotopic (exact) mass is 407 g/mol. The fraction of sp³-hybridized carbons (Fsp3) is 0.333. The number of carboxylic acid groups (broad SMARTS) is 1. The molecule has 1 aliphatic heterocycles. The summed E-state index contributed by atoms with van der Waals surface area (Å²) < 4.78 is 17.4. The van der Waals surface area contributed by atoms with Gasteiger partial charge in [-0.3, -0.25) is 4.79 Å². The standard InChI is InChI=1S/C24H25NO5/c1-3-18(24(26)27)20-14-29-22-13-17(9-10-19(20)22)28-12-11-21-15(2)30-23(25-21)16-7-5-4-6-8-16/h4-10,13,18,20H,3,11-12,14H2,1-2H3,(H,26,27). The van der Waals surface area contributed by atoms with Crippen LogP contribution in [0.5, 0.6) is 11.5 Å². The van der Waals surface area contributed by atoms with Crippen molar-refractivity contribution in [3.05, 3.63) is 65.5 Å². The highest BCUT2D eigenvalue weighted by atomic mass is 16.5. The molecule has 0 fully saturated rings. The smallest absolute Gasteiger partial charge is 0.307 e. The van der Waals surface area contributed by atoms with Crippen LogP contribution in [0.15, 0.2) is 52.9 Å². The van der Waals surface area contributed by atoms with Crippen molar-refractivity contribution in [1.29, 1.82) is 0 Å². The summed E-state index contributed by atoms with van der Waals surface area (Å²) in [5, 5.41) is 9.44. The van der Waals surface area contributed by atoms with Crippen LogP contribution in [0.4, 0.5) is 0 Å².